The summed E-state index contributed by atoms with van der Waals surface area (Å²) in [7, 11) is 0. The molecule has 0 unspecified atom stereocenters. The smallest absolute Gasteiger partial charge is 0.266 e. The summed E-state index contributed by atoms with van der Waals surface area (Å²) in [5.74, 6) is 5.30. The molecule has 0 saturated carbocycles. The van der Waals surface area contributed by atoms with Crippen molar-refractivity contribution in [2.24, 2.45) is 5.84 Å². The minimum absolute atomic E-state index is 0.186. The normalized spacial score (nSPS) is 16.1. The summed E-state index contributed by atoms with van der Waals surface area (Å²) in [5, 5.41) is 1.57. The zero-order valence-electron chi connectivity index (χ0n) is 17.8. The van der Waals surface area contributed by atoms with Gasteiger partial charge in [0, 0.05) is 18.4 Å². The number of aryl methyl sites for hydroxylation is 1. The first-order valence-corrected chi connectivity index (χ1v) is 11.1. The zero-order chi connectivity index (χ0) is 22.1. The van der Waals surface area contributed by atoms with E-state index in [0.717, 1.165) is 12.0 Å². The van der Waals surface area contributed by atoms with E-state index in [2.05, 4.69) is 21.5 Å². The number of hydrogen-bond acceptors (Lipinski definition) is 6. The topological polar surface area (TPSA) is 70.3 Å². The molecule has 1 aromatic carbocycles. The number of anilines is 3. The summed E-state index contributed by atoms with van der Waals surface area (Å²) in [6.45, 7) is 8.43. The van der Waals surface area contributed by atoms with Crippen molar-refractivity contribution < 1.29 is 8.78 Å². The van der Waals surface area contributed by atoms with Crippen molar-refractivity contribution >= 4 is 40.2 Å². The summed E-state index contributed by atoms with van der Waals surface area (Å²) >= 11 is 1.98. The van der Waals surface area contributed by atoms with Gasteiger partial charge < -0.3 is 8.43 Å². The molecule has 1 aromatic heterocycles. The first-order valence-electron chi connectivity index (χ1n) is 10.1. The van der Waals surface area contributed by atoms with Gasteiger partial charge in [0.1, 0.15) is 11.5 Å². The van der Waals surface area contributed by atoms with Gasteiger partial charge in [-0.05, 0) is 17.5 Å². The quantitative estimate of drug-likeness (QED) is 0.242. The largest absolute Gasteiger partial charge is 0.348 e. The molecule has 1 fully saturated rings. The average Bonchev–Trinajstić information content (AvgIpc) is 3.06. The lowest BCUT2D eigenvalue weighted by Gasteiger charge is -2.29. The number of nitrogens with zero attached hydrogens (tertiary/aromatic N) is 4. The Morgan fingerprint density at radius 3 is 2.43 bits per heavy atom. The number of alkyl halides is 2. The Bertz CT molecular complexity index is 900. The lowest BCUT2D eigenvalue weighted by molar-refractivity contribution is 0.0257. The van der Waals surface area contributed by atoms with Crippen LogP contribution < -0.4 is 19.3 Å². The van der Waals surface area contributed by atoms with Crippen LogP contribution in [0.3, 0.4) is 0 Å². The molecule has 1 aliphatic heterocycles. The summed E-state index contributed by atoms with van der Waals surface area (Å²) < 4.78 is 31.0. The standard InChI is InChI=1S/C21H29F2IN6/c1-5-14-8-6-7-9-15(14)12-30(25)18-16(28-24)17(26-19(27-18)20(2,3)4)29-11-10-21(22,23)13-29/h6-9,28H,5,10-13,25H2,1-4H3. The van der Waals surface area contributed by atoms with Crippen molar-refractivity contribution in [2.75, 3.05) is 26.5 Å². The Labute approximate surface area is 190 Å². The molecule has 0 spiro atoms. The second kappa shape index (κ2) is 8.78. The number of benzene rings is 1. The highest BCUT2D eigenvalue weighted by Gasteiger charge is 2.40. The van der Waals surface area contributed by atoms with Crippen LogP contribution in [0.15, 0.2) is 24.3 Å². The molecular formula is C21H29F2IN6. The molecule has 164 valence electrons. The van der Waals surface area contributed by atoms with Gasteiger partial charge in [0.05, 0.1) is 36.0 Å². The van der Waals surface area contributed by atoms with E-state index in [1.165, 1.54) is 5.56 Å². The van der Waals surface area contributed by atoms with Crippen LogP contribution in [0.25, 0.3) is 0 Å². The van der Waals surface area contributed by atoms with Gasteiger partial charge in [-0.15, -0.1) is 0 Å². The van der Waals surface area contributed by atoms with E-state index in [0.29, 0.717) is 29.7 Å². The molecule has 9 heteroatoms. The van der Waals surface area contributed by atoms with Gasteiger partial charge in [-0.2, -0.15) is 0 Å². The number of aromatic nitrogens is 2. The van der Waals surface area contributed by atoms with Crippen LogP contribution >= 0.6 is 22.9 Å². The fourth-order valence-electron chi connectivity index (χ4n) is 3.53. The third kappa shape index (κ3) is 4.93. The fraction of sp³-hybridized carbons (Fsp3) is 0.524. The van der Waals surface area contributed by atoms with Crippen LogP contribution in [0.4, 0.5) is 26.1 Å². The third-order valence-electron chi connectivity index (χ3n) is 5.22. The van der Waals surface area contributed by atoms with Crippen LogP contribution in [0.2, 0.25) is 0 Å². The Balaban J connectivity index is 2.07. The molecule has 0 amide bonds. The highest BCUT2D eigenvalue weighted by molar-refractivity contribution is 14.1. The zero-order valence-corrected chi connectivity index (χ0v) is 20.0. The van der Waals surface area contributed by atoms with Gasteiger partial charge in [-0.3, -0.25) is 5.01 Å². The van der Waals surface area contributed by atoms with E-state index in [1.807, 2.05) is 61.8 Å². The van der Waals surface area contributed by atoms with Crippen molar-refractivity contribution in [3.63, 3.8) is 0 Å². The SMILES string of the molecule is CCc1ccccc1CN(N)c1nc(C(C)(C)C)nc(N2CCC(F)(F)C2)c1NI. The van der Waals surface area contributed by atoms with Crippen LogP contribution in [0, 0.1) is 0 Å². The maximum absolute atomic E-state index is 13.9. The molecule has 2 heterocycles. The van der Waals surface area contributed by atoms with Gasteiger partial charge in [-0.1, -0.05) is 52.0 Å². The number of nitrogens with two attached hydrogens (primary N) is 1. The highest BCUT2D eigenvalue weighted by Crippen LogP contribution is 2.40. The Morgan fingerprint density at radius 1 is 1.23 bits per heavy atom. The monoisotopic (exact) mass is 530 g/mol. The molecule has 0 bridgehead atoms. The second-order valence-corrected chi connectivity index (χ2v) is 9.23. The van der Waals surface area contributed by atoms with Gasteiger partial charge in [0.25, 0.3) is 5.92 Å². The second-order valence-electron chi connectivity index (χ2n) is 8.69. The van der Waals surface area contributed by atoms with Crippen molar-refractivity contribution in [3.05, 3.63) is 41.2 Å². The number of nitrogens with one attached hydrogen (secondary N) is 1. The Hall–Kier alpha value is -1.75. The van der Waals surface area contributed by atoms with Gasteiger partial charge in [-0.25, -0.2) is 24.6 Å². The molecule has 0 radical (unpaired) electrons. The molecule has 30 heavy (non-hydrogen) atoms. The maximum Gasteiger partial charge on any atom is 0.266 e. The minimum atomic E-state index is -2.72. The third-order valence-corrected chi connectivity index (χ3v) is 5.76. The first kappa shape index (κ1) is 22.9. The Kier molecular flexibility index (Phi) is 6.71. The minimum Gasteiger partial charge on any atom is -0.348 e. The Morgan fingerprint density at radius 2 is 1.90 bits per heavy atom. The maximum atomic E-state index is 13.9. The van der Waals surface area contributed by atoms with E-state index >= 15 is 0 Å². The number of halogens is 3. The average molecular weight is 530 g/mol. The van der Waals surface area contributed by atoms with E-state index in [9.17, 15) is 8.78 Å². The van der Waals surface area contributed by atoms with Gasteiger partial charge >= 0.3 is 0 Å². The van der Waals surface area contributed by atoms with Gasteiger partial charge in [0.2, 0.25) is 0 Å². The van der Waals surface area contributed by atoms with E-state index in [1.54, 1.807) is 9.91 Å². The van der Waals surface area contributed by atoms with Crippen LogP contribution in [0.1, 0.15) is 51.1 Å². The van der Waals surface area contributed by atoms with Crippen LogP contribution in [0.5, 0.6) is 0 Å². The lowest BCUT2D eigenvalue weighted by atomic mass is 9.95. The number of hydrogen-bond donors (Lipinski definition) is 2. The molecule has 1 saturated heterocycles. The molecule has 3 N–H and O–H groups in total. The number of hydrazine groups is 1. The molecule has 0 aliphatic carbocycles. The summed E-state index contributed by atoms with van der Waals surface area (Å²) in [4.78, 5) is 11.0. The highest BCUT2D eigenvalue weighted by atomic mass is 127. The van der Waals surface area contributed by atoms with E-state index in [-0.39, 0.29) is 24.9 Å². The summed E-state index contributed by atoms with van der Waals surface area (Å²) in [5.41, 5.74) is 2.50. The van der Waals surface area contributed by atoms with Crippen LogP contribution in [-0.2, 0) is 18.4 Å². The van der Waals surface area contributed by atoms with Crippen LogP contribution in [-0.4, -0.2) is 29.0 Å². The first-order chi connectivity index (χ1) is 14.1. The fourth-order valence-corrected chi connectivity index (χ4v) is 4.01. The number of rotatable bonds is 6. The van der Waals surface area contributed by atoms with Gasteiger partial charge in [0.15, 0.2) is 11.6 Å². The molecule has 0 atom stereocenters. The summed E-state index contributed by atoms with van der Waals surface area (Å²) in [6, 6.07) is 8.12. The van der Waals surface area contributed by atoms with E-state index in [4.69, 9.17) is 10.8 Å². The molecule has 1 aliphatic rings. The summed E-state index contributed by atoms with van der Waals surface area (Å²) in [6.07, 6.45) is 0.709. The lowest BCUT2D eigenvalue weighted by Crippen LogP contribution is -2.34. The van der Waals surface area contributed by atoms with Crippen molar-refractivity contribution in [2.45, 2.75) is 58.4 Å². The molecule has 3 rings (SSSR count). The molecule has 6 nitrogen and oxygen atoms in total. The van der Waals surface area contributed by atoms with Crippen molar-refractivity contribution in [1.29, 1.82) is 0 Å². The van der Waals surface area contributed by atoms with E-state index < -0.39 is 5.92 Å². The van der Waals surface area contributed by atoms with Crippen molar-refractivity contribution in [3.8, 4) is 0 Å². The predicted molar refractivity (Wildman–Crippen MR) is 126 cm³/mol. The molecular weight excluding hydrogens is 501 g/mol. The predicted octanol–water partition coefficient (Wildman–Crippen LogP) is 4.82. The molecule has 2 aromatic rings. The van der Waals surface area contributed by atoms with Crippen molar-refractivity contribution in [1.82, 2.24) is 9.97 Å².